The standard InChI is InChI=1S/C19H22N6O3S/c1-10-7-17(26)22-19(20-10)25-16(9-14(23-25)15-5-4-6-29-15)21-18(27)8-13-11(2)24-28-12(13)3/h4-6,9-10,19-20H,7-8H2,1-3H3,(H,21,27)(H,22,26). The molecule has 2 atom stereocenters. The van der Waals surface area contributed by atoms with Crippen molar-refractivity contribution in [1.29, 1.82) is 0 Å². The minimum atomic E-state index is -0.547. The van der Waals surface area contributed by atoms with Crippen LogP contribution < -0.4 is 16.0 Å². The molecule has 0 radical (unpaired) electrons. The summed E-state index contributed by atoms with van der Waals surface area (Å²) in [5.74, 6) is 0.841. The van der Waals surface area contributed by atoms with Gasteiger partial charge in [0.1, 0.15) is 17.3 Å². The first-order chi connectivity index (χ1) is 13.9. The Morgan fingerprint density at radius 2 is 2.28 bits per heavy atom. The summed E-state index contributed by atoms with van der Waals surface area (Å²) in [4.78, 5) is 25.7. The van der Waals surface area contributed by atoms with Gasteiger partial charge in [-0.15, -0.1) is 11.3 Å². The number of hydrogen-bond donors (Lipinski definition) is 3. The van der Waals surface area contributed by atoms with Gasteiger partial charge in [-0.25, -0.2) is 4.68 Å². The summed E-state index contributed by atoms with van der Waals surface area (Å²) in [6.45, 7) is 5.52. The van der Waals surface area contributed by atoms with Gasteiger partial charge in [-0.2, -0.15) is 5.10 Å². The van der Waals surface area contributed by atoms with E-state index in [0.29, 0.717) is 23.7 Å². The highest BCUT2D eigenvalue weighted by atomic mass is 32.1. The van der Waals surface area contributed by atoms with Gasteiger partial charge in [0, 0.05) is 24.1 Å². The summed E-state index contributed by atoms with van der Waals surface area (Å²) in [5.41, 5.74) is 2.19. The molecule has 1 fully saturated rings. The molecule has 0 saturated carbocycles. The Morgan fingerprint density at radius 3 is 2.93 bits per heavy atom. The number of hydrogen-bond acceptors (Lipinski definition) is 7. The molecule has 3 aromatic heterocycles. The third-order valence-electron chi connectivity index (χ3n) is 4.77. The first-order valence-electron chi connectivity index (χ1n) is 9.31. The van der Waals surface area contributed by atoms with E-state index in [9.17, 15) is 9.59 Å². The van der Waals surface area contributed by atoms with Crippen LogP contribution in [0.4, 0.5) is 5.82 Å². The lowest BCUT2D eigenvalue weighted by atomic mass is 10.1. The molecule has 1 aliphatic heterocycles. The second kappa shape index (κ2) is 7.80. The fraction of sp³-hybridized carbons (Fsp3) is 0.368. The van der Waals surface area contributed by atoms with E-state index in [1.165, 1.54) is 0 Å². The smallest absolute Gasteiger partial charge is 0.230 e. The average molecular weight is 414 g/mol. The molecule has 2 unspecified atom stereocenters. The zero-order chi connectivity index (χ0) is 20.5. The van der Waals surface area contributed by atoms with Crippen LogP contribution in [0.15, 0.2) is 28.1 Å². The zero-order valence-corrected chi connectivity index (χ0v) is 17.2. The van der Waals surface area contributed by atoms with Crippen LogP contribution in [0.5, 0.6) is 0 Å². The Kier molecular flexibility index (Phi) is 5.20. The van der Waals surface area contributed by atoms with Crippen molar-refractivity contribution in [3.8, 4) is 10.6 Å². The van der Waals surface area contributed by atoms with Gasteiger partial charge in [0.05, 0.1) is 17.0 Å². The average Bonchev–Trinajstić information content (AvgIpc) is 3.38. The highest BCUT2D eigenvalue weighted by Gasteiger charge is 2.27. The number of anilines is 1. The second-order valence-electron chi connectivity index (χ2n) is 7.11. The van der Waals surface area contributed by atoms with Crippen molar-refractivity contribution < 1.29 is 14.1 Å². The third kappa shape index (κ3) is 4.08. The van der Waals surface area contributed by atoms with Gasteiger partial charge >= 0.3 is 0 Å². The monoisotopic (exact) mass is 414 g/mol. The van der Waals surface area contributed by atoms with Crippen LogP contribution in [-0.2, 0) is 16.0 Å². The molecule has 0 aliphatic carbocycles. The molecule has 3 aromatic rings. The molecule has 4 heterocycles. The number of rotatable bonds is 5. The number of nitrogens with one attached hydrogen (secondary N) is 3. The third-order valence-corrected chi connectivity index (χ3v) is 5.66. The van der Waals surface area contributed by atoms with E-state index in [1.54, 1.807) is 29.9 Å². The molecule has 10 heteroatoms. The summed E-state index contributed by atoms with van der Waals surface area (Å²) in [5, 5.41) is 19.6. The normalized spacial score (nSPS) is 19.2. The van der Waals surface area contributed by atoms with Crippen molar-refractivity contribution >= 4 is 29.0 Å². The minimum absolute atomic E-state index is 0.00556. The zero-order valence-electron chi connectivity index (χ0n) is 16.4. The van der Waals surface area contributed by atoms with E-state index in [1.807, 2.05) is 30.5 Å². The van der Waals surface area contributed by atoms with Crippen molar-refractivity contribution in [2.75, 3.05) is 5.32 Å². The first kappa shape index (κ1) is 19.3. The molecule has 152 valence electrons. The lowest BCUT2D eigenvalue weighted by Gasteiger charge is -2.30. The van der Waals surface area contributed by atoms with Gasteiger partial charge in [-0.3, -0.25) is 14.9 Å². The van der Waals surface area contributed by atoms with E-state index in [4.69, 9.17) is 4.52 Å². The van der Waals surface area contributed by atoms with Crippen LogP contribution in [0.3, 0.4) is 0 Å². The Hall–Kier alpha value is -2.98. The fourth-order valence-corrected chi connectivity index (χ4v) is 4.00. The Balaban J connectivity index is 1.62. The van der Waals surface area contributed by atoms with Crippen LogP contribution >= 0.6 is 11.3 Å². The second-order valence-corrected chi connectivity index (χ2v) is 8.05. The quantitative estimate of drug-likeness (QED) is 0.591. The minimum Gasteiger partial charge on any atom is -0.361 e. The number of thiophene rings is 1. The molecule has 4 rings (SSSR count). The van der Waals surface area contributed by atoms with Gasteiger partial charge in [0.15, 0.2) is 6.29 Å². The maximum Gasteiger partial charge on any atom is 0.230 e. The maximum absolute atomic E-state index is 12.7. The molecule has 29 heavy (non-hydrogen) atoms. The van der Waals surface area contributed by atoms with E-state index >= 15 is 0 Å². The van der Waals surface area contributed by atoms with Gasteiger partial charge in [0.25, 0.3) is 0 Å². The summed E-state index contributed by atoms with van der Waals surface area (Å²) >= 11 is 1.56. The Bertz CT molecular complexity index is 1020. The number of nitrogens with zero attached hydrogens (tertiary/aromatic N) is 3. The number of aromatic nitrogens is 3. The molecule has 1 aliphatic rings. The first-order valence-corrected chi connectivity index (χ1v) is 10.2. The van der Waals surface area contributed by atoms with Crippen molar-refractivity contribution in [3.05, 3.63) is 40.6 Å². The van der Waals surface area contributed by atoms with Crippen molar-refractivity contribution in [3.63, 3.8) is 0 Å². The molecule has 2 amide bonds. The summed E-state index contributed by atoms with van der Waals surface area (Å²) in [7, 11) is 0. The summed E-state index contributed by atoms with van der Waals surface area (Å²) < 4.78 is 6.74. The Morgan fingerprint density at radius 1 is 1.45 bits per heavy atom. The van der Waals surface area contributed by atoms with E-state index in [2.05, 4.69) is 26.2 Å². The van der Waals surface area contributed by atoms with E-state index < -0.39 is 6.29 Å². The lowest BCUT2D eigenvalue weighted by molar-refractivity contribution is -0.125. The highest BCUT2D eigenvalue weighted by Crippen LogP contribution is 2.28. The largest absolute Gasteiger partial charge is 0.361 e. The lowest BCUT2D eigenvalue weighted by Crippen LogP contribution is -2.52. The number of amides is 2. The molecule has 0 spiro atoms. The van der Waals surface area contributed by atoms with Crippen molar-refractivity contribution in [2.45, 2.75) is 45.9 Å². The number of aryl methyl sites for hydroxylation is 2. The number of carbonyl (C=O) groups excluding carboxylic acids is 2. The van der Waals surface area contributed by atoms with Gasteiger partial charge < -0.3 is 15.2 Å². The highest BCUT2D eigenvalue weighted by molar-refractivity contribution is 7.13. The SMILES string of the molecule is Cc1noc(C)c1CC(=O)Nc1cc(-c2cccs2)nn1C1NC(=O)CC(C)N1. The van der Waals surface area contributed by atoms with Crippen LogP contribution in [0, 0.1) is 13.8 Å². The summed E-state index contributed by atoms with van der Waals surface area (Å²) in [6.07, 6.45) is -0.0144. The van der Waals surface area contributed by atoms with Gasteiger partial charge in [-0.05, 0) is 32.2 Å². The predicted molar refractivity (Wildman–Crippen MR) is 108 cm³/mol. The van der Waals surface area contributed by atoms with Crippen LogP contribution in [0.25, 0.3) is 10.6 Å². The molecular weight excluding hydrogens is 392 g/mol. The van der Waals surface area contributed by atoms with Crippen LogP contribution in [0.2, 0.25) is 0 Å². The molecule has 9 nitrogen and oxygen atoms in total. The van der Waals surface area contributed by atoms with E-state index in [0.717, 1.165) is 16.1 Å². The summed E-state index contributed by atoms with van der Waals surface area (Å²) in [6, 6.07) is 5.71. The van der Waals surface area contributed by atoms with Crippen molar-refractivity contribution in [2.24, 2.45) is 0 Å². The molecular formula is C19H22N6O3S. The molecule has 0 aromatic carbocycles. The van der Waals surface area contributed by atoms with Crippen LogP contribution in [-0.4, -0.2) is 32.8 Å². The van der Waals surface area contributed by atoms with E-state index in [-0.39, 0.29) is 24.3 Å². The molecule has 0 bridgehead atoms. The topological polar surface area (TPSA) is 114 Å². The predicted octanol–water partition coefficient (Wildman–Crippen LogP) is 2.35. The molecule has 1 saturated heterocycles. The fourth-order valence-electron chi connectivity index (χ4n) is 3.32. The maximum atomic E-state index is 12.7. The van der Waals surface area contributed by atoms with Gasteiger partial charge in [-0.1, -0.05) is 11.2 Å². The Labute approximate surface area is 171 Å². The van der Waals surface area contributed by atoms with Gasteiger partial charge in [0.2, 0.25) is 11.8 Å². The number of carbonyl (C=O) groups is 2. The van der Waals surface area contributed by atoms with Crippen molar-refractivity contribution in [1.82, 2.24) is 25.6 Å². The van der Waals surface area contributed by atoms with Crippen LogP contribution in [0.1, 0.15) is 36.7 Å². The molecule has 3 N–H and O–H groups in total.